The summed E-state index contributed by atoms with van der Waals surface area (Å²) in [6.07, 6.45) is 0. The largest absolute Gasteiger partial charge is 0.308 e. The molecular formula is C45H27N5S. The van der Waals surface area contributed by atoms with Crippen LogP contribution in [0.3, 0.4) is 0 Å². The molecule has 4 aromatic heterocycles. The van der Waals surface area contributed by atoms with E-state index in [4.69, 9.17) is 15.0 Å². The molecule has 7 aromatic carbocycles. The molecule has 0 aliphatic carbocycles. The molecule has 0 unspecified atom stereocenters. The summed E-state index contributed by atoms with van der Waals surface area (Å²) in [5.74, 6) is 1.86. The van der Waals surface area contributed by atoms with Crippen molar-refractivity contribution in [3.05, 3.63) is 164 Å². The van der Waals surface area contributed by atoms with Gasteiger partial charge in [-0.05, 0) is 30.3 Å². The SMILES string of the molecule is c1ccc(-c2nc(-c3ccccc3)nc(-n3c4ccccc4c4ccc5c(c6ccccc6n5-c5cccc6c5sc5ccccc56)c43)n2)cc1. The highest BCUT2D eigenvalue weighted by atomic mass is 32.1. The zero-order valence-corrected chi connectivity index (χ0v) is 28.0. The second-order valence-electron chi connectivity index (χ2n) is 12.8. The van der Waals surface area contributed by atoms with Gasteiger partial charge in [0, 0.05) is 48.1 Å². The van der Waals surface area contributed by atoms with Crippen molar-refractivity contribution in [3.63, 3.8) is 0 Å². The van der Waals surface area contributed by atoms with E-state index in [1.807, 2.05) is 47.7 Å². The number of hydrogen-bond acceptors (Lipinski definition) is 4. The van der Waals surface area contributed by atoms with Crippen molar-refractivity contribution in [2.24, 2.45) is 0 Å². The summed E-state index contributed by atoms with van der Waals surface area (Å²) in [6, 6.07) is 57.7. The first-order valence-corrected chi connectivity index (χ1v) is 17.9. The Morgan fingerprint density at radius 2 is 0.980 bits per heavy atom. The first kappa shape index (κ1) is 28.2. The Hall–Kier alpha value is -6.63. The van der Waals surface area contributed by atoms with Crippen LogP contribution < -0.4 is 0 Å². The van der Waals surface area contributed by atoms with Crippen molar-refractivity contribution in [1.29, 1.82) is 0 Å². The third kappa shape index (κ3) is 4.17. The van der Waals surface area contributed by atoms with E-state index in [0.29, 0.717) is 17.6 Å². The van der Waals surface area contributed by atoms with Gasteiger partial charge in [-0.2, -0.15) is 9.97 Å². The Balaban J connectivity index is 1.29. The normalized spacial score (nSPS) is 11.9. The predicted molar refractivity (Wildman–Crippen MR) is 212 cm³/mol. The molecule has 0 aliphatic rings. The van der Waals surface area contributed by atoms with Gasteiger partial charge in [0.15, 0.2) is 11.6 Å². The second kappa shape index (κ2) is 10.9. The molecule has 0 aliphatic heterocycles. The number of nitrogens with zero attached hydrogens (tertiary/aromatic N) is 5. The van der Waals surface area contributed by atoms with Crippen molar-refractivity contribution in [2.75, 3.05) is 0 Å². The molecule has 0 saturated heterocycles. The van der Waals surface area contributed by atoms with Crippen LogP contribution in [-0.2, 0) is 0 Å². The zero-order chi connectivity index (χ0) is 33.5. The summed E-state index contributed by atoms with van der Waals surface area (Å²) in [7, 11) is 0. The van der Waals surface area contributed by atoms with Crippen LogP contribution in [0.1, 0.15) is 0 Å². The van der Waals surface area contributed by atoms with E-state index in [1.54, 1.807) is 0 Å². The van der Waals surface area contributed by atoms with Crippen molar-refractivity contribution in [1.82, 2.24) is 24.1 Å². The van der Waals surface area contributed by atoms with Crippen molar-refractivity contribution < 1.29 is 0 Å². The molecule has 0 spiro atoms. The third-order valence-electron chi connectivity index (χ3n) is 9.98. The minimum Gasteiger partial charge on any atom is -0.308 e. The van der Waals surface area contributed by atoms with Crippen LogP contribution in [0.15, 0.2) is 164 Å². The van der Waals surface area contributed by atoms with Crippen LogP contribution in [0.5, 0.6) is 0 Å². The number of rotatable bonds is 4. The topological polar surface area (TPSA) is 48.5 Å². The standard InChI is InChI=1S/C45H27N5S/c1-3-14-28(15-4-1)43-46-44(29-16-5-2-6-17-29)48-45(47-43)50-35-22-10-7-18-30(35)32-26-27-37-40(41(32)50)34-20-8-11-23-36(34)49(37)38-24-13-21-33-31-19-9-12-25-39(31)51-42(33)38/h1-27H. The van der Waals surface area contributed by atoms with Crippen molar-refractivity contribution in [2.45, 2.75) is 0 Å². The summed E-state index contributed by atoms with van der Waals surface area (Å²) >= 11 is 1.86. The summed E-state index contributed by atoms with van der Waals surface area (Å²) in [5, 5.41) is 7.23. The molecule has 0 radical (unpaired) electrons. The maximum Gasteiger partial charge on any atom is 0.238 e. The Morgan fingerprint density at radius 1 is 0.392 bits per heavy atom. The van der Waals surface area contributed by atoms with Gasteiger partial charge < -0.3 is 4.57 Å². The number of para-hydroxylation sites is 2. The van der Waals surface area contributed by atoms with Gasteiger partial charge in [0.2, 0.25) is 5.95 Å². The van der Waals surface area contributed by atoms with Gasteiger partial charge in [0.1, 0.15) is 0 Å². The summed E-state index contributed by atoms with van der Waals surface area (Å²) < 4.78 is 7.27. The minimum absolute atomic E-state index is 0.588. The number of hydrogen-bond donors (Lipinski definition) is 0. The van der Waals surface area contributed by atoms with E-state index in [-0.39, 0.29) is 0 Å². The molecule has 51 heavy (non-hydrogen) atoms. The van der Waals surface area contributed by atoms with Crippen LogP contribution in [0.4, 0.5) is 0 Å². The lowest BCUT2D eigenvalue weighted by Crippen LogP contribution is -2.06. The molecule has 0 fully saturated rings. The minimum atomic E-state index is 0.588. The quantitative estimate of drug-likeness (QED) is 0.187. The maximum atomic E-state index is 5.22. The molecule has 0 amide bonds. The average molecular weight is 670 g/mol. The van der Waals surface area contributed by atoms with Gasteiger partial charge in [-0.3, -0.25) is 4.57 Å². The van der Waals surface area contributed by atoms with Crippen LogP contribution >= 0.6 is 11.3 Å². The molecule has 0 atom stereocenters. The lowest BCUT2D eigenvalue weighted by atomic mass is 10.1. The molecule has 6 heteroatoms. The van der Waals surface area contributed by atoms with Crippen molar-refractivity contribution >= 4 is 75.1 Å². The highest BCUT2D eigenvalue weighted by molar-refractivity contribution is 7.26. The van der Waals surface area contributed by atoms with Crippen LogP contribution in [0.2, 0.25) is 0 Å². The predicted octanol–water partition coefficient (Wildman–Crippen LogP) is 11.8. The lowest BCUT2D eigenvalue weighted by Gasteiger charge is -2.12. The highest BCUT2D eigenvalue weighted by Crippen LogP contribution is 2.44. The number of thiophene rings is 1. The van der Waals surface area contributed by atoms with Crippen LogP contribution in [0.25, 0.3) is 98.2 Å². The highest BCUT2D eigenvalue weighted by Gasteiger charge is 2.24. The molecule has 4 heterocycles. The van der Waals surface area contributed by atoms with E-state index in [1.165, 1.54) is 36.6 Å². The molecule has 0 bridgehead atoms. The number of fused-ring (bicyclic) bond motifs is 10. The molecule has 5 nitrogen and oxygen atoms in total. The average Bonchev–Trinajstić information content (AvgIpc) is 3.86. The fraction of sp³-hybridized carbons (Fsp3) is 0. The monoisotopic (exact) mass is 669 g/mol. The van der Waals surface area contributed by atoms with E-state index >= 15 is 0 Å². The molecule has 11 rings (SSSR count). The molecule has 238 valence electrons. The Kier molecular flexibility index (Phi) is 6.05. The Labute approximate surface area is 296 Å². The van der Waals surface area contributed by atoms with E-state index in [2.05, 4.69) is 137 Å². The first-order chi connectivity index (χ1) is 25.3. The molecule has 0 saturated carbocycles. The Bertz CT molecular complexity index is 3080. The first-order valence-electron chi connectivity index (χ1n) is 17.0. The fourth-order valence-corrected chi connectivity index (χ4v) is 8.99. The molecule has 11 aromatic rings. The summed E-state index contributed by atoms with van der Waals surface area (Å²) in [6.45, 7) is 0. The van der Waals surface area contributed by atoms with Gasteiger partial charge in [-0.15, -0.1) is 11.3 Å². The van der Waals surface area contributed by atoms with Gasteiger partial charge in [0.05, 0.1) is 32.5 Å². The lowest BCUT2D eigenvalue weighted by molar-refractivity contribution is 0.955. The maximum absolute atomic E-state index is 5.22. The van der Waals surface area contributed by atoms with E-state index < -0.39 is 0 Å². The van der Waals surface area contributed by atoms with Gasteiger partial charge >= 0.3 is 0 Å². The molecule has 0 N–H and O–H groups in total. The van der Waals surface area contributed by atoms with Gasteiger partial charge in [-0.1, -0.05) is 133 Å². The Morgan fingerprint density at radius 3 is 1.71 bits per heavy atom. The summed E-state index contributed by atoms with van der Waals surface area (Å²) in [5.41, 5.74) is 7.49. The molecular weight excluding hydrogens is 643 g/mol. The third-order valence-corrected chi connectivity index (χ3v) is 11.2. The second-order valence-corrected chi connectivity index (χ2v) is 13.9. The zero-order valence-electron chi connectivity index (χ0n) is 27.2. The summed E-state index contributed by atoms with van der Waals surface area (Å²) in [4.78, 5) is 15.5. The van der Waals surface area contributed by atoms with Crippen LogP contribution in [-0.4, -0.2) is 24.1 Å². The van der Waals surface area contributed by atoms with E-state index in [9.17, 15) is 0 Å². The smallest absolute Gasteiger partial charge is 0.238 e. The van der Waals surface area contributed by atoms with Crippen molar-refractivity contribution in [3.8, 4) is 34.4 Å². The number of benzene rings is 7. The number of aromatic nitrogens is 5. The van der Waals surface area contributed by atoms with Gasteiger partial charge in [0.25, 0.3) is 0 Å². The van der Waals surface area contributed by atoms with E-state index in [0.717, 1.165) is 44.0 Å². The fourth-order valence-electron chi connectivity index (χ4n) is 7.78. The van der Waals surface area contributed by atoms with Crippen LogP contribution in [0, 0.1) is 0 Å². The van der Waals surface area contributed by atoms with Gasteiger partial charge in [-0.25, -0.2) is 4.98 Å².